The lowest BCUT2D eigenvalue weighted by Crippen LogP contribution is -2.10. The predicted molar refractivity (Wildman–Crippen MR) is 244 cm³/mol. The molecule has 3 nitrogen and oxygen atoms in total. The number of ether oxygens (including phenoxy) is 1. The first-order valence-corrected chi connectivity index (χ1v) is 19.6. The standard InChI is InChI=1S/C55H42N2O/c1-58-55-39-27-48(28-40-55)47-25-35-51(36-26-47)56(49-15-9-4-10-16-49)50-33-21-45(22-34-50)46-23-37-54(38-24-46)57(52-29-17-43(18-30-52)41-11-5-2-6-12-41)53-31-19-44(20-32-53)42-13-7-3-8-14-42/h2-40H,1H3. The molecule has 0 aromatic heterocycles. The van der Waals surface area contributed by atoms with Crippen molar-refractivity contribution < 1.29 is 4.74 Å². The number of anilines is 6. The van der Waals surface area contributed by atoms with Gasteiger partial charge in [-0.2, -0.15) is 0 Å². The summed E-state index contributed by atoms with van der Waals surface area (Å²) >= 11 is 0. The largest absolute Gasteiger partial charge is 0.497 e. The molecule has 3 heteroatoms. The summed E-state index contributed by atoms with van der Waals surface area (Å²) in [5, 5.41) is 0. The van der Waals surface area contributed by atoms with Crippen LogP contribution in [0.4, 0.5) is 34.1 Å². The number of hydrogen-bond donors (Lipinski definition) is 0. The lowest BCUT2D eigenvalue weighted by Gasteiger charge is -2.26. The molecule has 0 saturated heterocycles. The van der Waals surface area contributed by atoms with Gasteiger partial charge in [0.15, 0.2) is 0 Å². The van der Waals surface area contributed by atoms with E-state index >= 15 is 0 Å². The number of para-hydroxylation sites is 1. The van der Waals surface area contributed by atoms with Gasteiger partial charge in [0.1, 0.15) is 5.75 Å². The number of methoxy groups -OCH3 is 1. The minimum Gasteiger partial charge on any atom is -0.497 e. The highest BCUT2D eigenvalue weighted by molar-refractivity contribution is 5.83. The summed E-state index contributed by atoms with van der Waals surface area (Å²) in [5.41, 5.74) is 16.0. The molecular formula is C55H42N2O. The van der Waals surface area contributed by atoms with Crippen molar-refractivity contribution >= 4 is 34.1 Å². The van der Waals surface area contributed by atoms with Crippen LogP contribution in [0.1, 0.15) is 0 Å². The first-order valence-electron chi connectivity index (χ1n) is 19.6. The molecule has 9 rings (SSSR count). The number of rotatable bonds is 11. The summed E-state index contributed by atoms with van der Waals surface area (Å²) in [6, 6.07) is 84.0. The normalized spacial score (nSPS) is 10.8. The summed E-state index contributed by atoms with van der Waals surface area (Å²) in [6.45, 7) is 0. The van der Waals surface area contributed by atoms with E-state index in [4.69, 9.17) is 4.74 Å². The lowest BCUT2D eigenvalue weighted by atomic mass is 10.0. The maximum Gasteiger partial charge on any atom is 0.118 e. The maximum atomic E-state index is 5.36. The van der Waals surface area contributed by atoms with Crippen LogP contribution in [0.15, 0.2) is 237 Å². The van der Waals surface area contributed by atoms with Crippen molar-refractivity contribution in [1.82, 2.24) is 0 Å². The molecule has 0 fully saturated rings. The Morgan fingerprint density at radius 3 is 0.690 bits per heavy atom. The molecule has 0 amide bonds. The molecule has 0 radical (unpaired) electrons. The smallest absolute Gasteiger partial charge is 0.118 e. The summed E-state index contributed by atoms with van der Waals surface area (Å²) in [7, 11) is 1.69. The van der Waals surface area contributed by atoms with E-state index in [1.807, 2.05) is 12.1 Å². The maximum absolute atomic E-state index is 5.36. The minimum absolute atomic E-state index is 0.854. The molecule has 0 saturated carbocycles. The van der Waals surface area contributed by atoms with Gasteiger partial charge in [-0.05, 0) is 129 Å². The third-order valence-electron chi connectivity index (χ3n) is 10.6. The van der Waals surface area contributed by atoms with Crippen LogP contribution in [0.5, 0.6) is 5.75 Å². The fourth-order valence-electron chi connectivity index (χ4n) is 7.53. The van der Waals surface area contributed by atoms with E-state index in [-0.39, 0.29) is 0 Å². The van der Waals surface area contributed by atoms with Crippen LogP contribution in [0, 0.1) is 0 Å². The number of hydrogen-bond acceptors (Lipinski definition) is 3. The molecule has 0 aliphatic heterocycles. The summed E-state index contributed by atoms with van der Waals surface area (Å²) in [4.78, 5) is 4.63. The zero-order valence-electron chi connectivity index (χ0n) is 32.3. The highest BCUT2D eigenvalue weighted by atomic mass is 16.5. The van der Waals surface area contributed by atoms with E-state index in [1.165, 1.54) is 22.3 Å². The van der Waals surface area contributed by atoms with Crippen LogP contribution in [-0.2, 0) is 0 Å². The van der Waals surface area contributed by atoms with Crippen molar-refractivity contribution in [1.29, 1.82) is 0 Å². The van der Waals surface area contributed by atoms with Gasteiger partial charge in [0.25, 0.3) is 0 Å². The average molecular weight is 747 g/mol. The highest BCUT2D eigenvalue weighted by Crippen LogP contribution is 2.39. The molecule has 0 N–H and O–H groups in total. The number of nitrogens with zero attached hydrogens (tertiary/aromatic N) is 2. The van der Waals surface area contributed by atoms with E-state index in [0.29, 0.717) is 0 Å². The molecule has 58 heavy (non-hydrogen) atoms. The molecule has 9 aromatic carbocycles. The average Bonchev–Trinajstić information content (AvgIpc) is 3.31. The minimum atomic E-state index is 0.854. The Morgan fingerprint density at radius 2 is 0.431 bits per heavy atom. The Labute approximate surface area is 341 Å². The van der Waals surface area contributed by atoms with Crippen molar-refractivity contribution in [2.75, 3.05) is 16.9 Å². The second kappa shape index (κ2) is 16.6. The van der Waals surface area contributed by atoms with Gasteiger partial charge in [-0.15, -0.1) is 0 Å². The van der Waals surface area contributed by atoms with Crippen LogP contribution in [0.2, 0.25) is 0 Å². The molecule has 0 aliphatic rings. The molecule has 9 aromatic rings. The summed E-state index contributed by atoms with van der Waals surface area (Å²) in [5.74, 6) is 0.854. The van der Waals surface area contributed by atoms with Crippen molar-refractivity contribution in [3.63, 3.8) is 0 Å². The first kappa shape index (κ1) is 36.0. The fraction of sp³-hybridized carbons (Fsp3) is 0.0182. The van der Waals surface area contributed by atoms with Crippen molar-refractivity contribution in [3.8, 4) is 50.3 Å². The Kier molecular flexibility index (Phi) is 10.3. The fourth-order valence-corrected chi connectivity index (χ4v) is 7.53. The van der Waals surface area contributed by atoms with E-state index in [2.05, 4.69) is 234 Å². The summed E-state index contributed by atoms with van der Waals surface area (Å²) < 4.78 is 5.36. The van der Waals surface area contributed by atoms with Crippen LogP contribution in [0.25, 0.3) is 44.5 Å². The Morgan fingerprint density at radius 1 is 0.224 bits per heavy atom. The van der Waals surface area contributed by atoms with Crippen molar-refractivity contribution in [3.05, 3.63) is 237 Å². The molecule has 278 valence electrons. The van der Waals surface area contributed by atoms with E-state index in [9.17, 15) is 0 Å². The van der Waals surface area contributed by atoms with Gasteiger partial charge < -0.3 is 14.5 Å². The zero-order valence-corrected chi connectivity index (χ0v) is 32.3. The third-order valence-corrected chi connectivity index (χ3v) is 10.6. The first-order chi connectivity index (χ1) is 28.7. The van der Waals surface area contributed by atoms with Crippen molar-refractivity contribution in [2.24, 2.45) is 0 Å². The molecular weight excluding hydrogens is 705 g/mol. The lowest BCUT2D eigenvalue weighted by molar-refractivity contribution is 0.415. The predicted octanol–water partition coefficient (Wildman–Crippen LogP) is 15.3. The van der Waals surface area contributed by atoms with E-state index in [0.717, 1.165) is 62.1 Å². The van der Waals surface area contributed by atoms with Gasteiger partial charge in [-0.25, -0.2) is 0 Å². The SMILES string of the molecule is COc1ccc(-c2ccc(N(c3ccccc3)c3ccc(-c4ccc(N(c5ccc(-c6ccccc6)cc5)c5ccc(-c6ccccc6)cc5)cc4)cc3)cc2)cc1. The zero-order chi connectivity index (χ0) is 39.1. The van der Waals surface area contributed by atoms with Crippen LogP contribution in [-0.4, -0.2) is 7.11 Å². The molecule has 0 aliphatic carbocycles. The van der Waals surface area contributed by atoms with Gasteiger partial charge in [0.05, 0.1) is 7.11 Å². The second-order valence-corrected chi connectivity index (χ2v) is 14.2. The molecule has 0 atom stereocenters. The van der Waals surface area contributed by atoms with Crippen LogP contribution >= 0.6 is 0 Å². The molecule has 0 heterocycles. The Balaban J connectivity index is 1.00. The van der Waals surface area contributed by atoms with Crippen molar-refractivity contribution in [2.45, 2.75) is 0 Å². The van der Waals surface area contributed by atoms with Gasteiger partial charge >= 0.3 is 0 Å². The molecule has 0 spiro atoms. The Bertz CT molecular complexity index is 2590. The van der Waals surface area contributed by atoms with Crippen LogP contribution < -0.4 is 14.5 Å². The van der Waals surface area contributed by atoms with Crippen LogP contribution in [0.3, 0.4) is 0 Å². The third kappa shape index (κ3) is 7.75. The van der Waals surface area contributed by atoms with E-state index < -0.39 is 0 Å². The topological polar surface area (TPSA) is 15.7 Å². The highest BCUT2D eigenvalue weighted by Gasteiger charge is 2.16. The molecule has 0 bridgehead atoms. The van der Waals surface area contributed by atoms with Gasteiger partial charge in [-0.1, -0.05) is 152 Å². The van der Waals surface area contributed by atoms with Gasteiger partial charge in [-0.3, -0.25) is 0 Å². The van der Waals surface area contributed by atoms with E-state index in [1.54, 1.807) is 7.11 Å². The monoisotopic (exact) mass is 746 g/mol. The molecule has 0 unspecified atom stereocenters. The second-order valence-electron chi connectivity index (χ2n) is 14.2. The quantitative estimate of drug-likeness (QED) is 0.131. The number of benzene rings is 9. The van der Waals surface area contributed by atoms with Gasteiger partial charge in [0, 0.05) is 34.1 Å². The summed E-state index contributed by atoms with van der Waals surface area (Å²) in [6.07, 6.45) is 0. The van der Waals surface area contributed by atoms with Gasteiger partial charge in [0.2, 0.25) is 0 Å². The Hall–Kier alpha value is -7.62.